The number of rotatable bonds is 4. The predicted molar refractivity (Wildman–Crippen MR) is 128 cm³/mol. The maximum atomic E-state index is 12.2. The van der Waals surface area contributed by atoms with Crippen LogP contribution in [-0.4, -0.2) is 59.3 Å². The van der Waals surface area contributed by atoms with Crippen molar-refractivity contribution < 1.29 is 4.79 Å². The van der Waals surface area contributed by atoms with Crippen LogP contribution in [0.4, 0.5) is 11.5 Å². The number of carbonyl (C=O) groups excluding carboxylic acids is 1. The summed E-state index contributed by atoms with van der Waals surface area (Å²) in [4.78, 5) is 28.2. The Morgan fingerprint density at radius 2 is 1.74 bits per heavy atom. The average molecular weight is 434 g/mol. The minimum Gasteiger partial charge on any atom is -0.365 e. The summed E-state index contributed by atoms with van der Waals surface area (Å²) in [5.74, 6) is 1.85. The minimum absolute atomic E-state index is 0.199. The van der Waals surface area contributed by atoms with Crippen molar-refractivity contribution in [1.29, 1.82) is 0 Å². The third-order valence-electron chi connectivity index (χ3n) is 6.35. The number of amides is 1. The van der Waals surface area contributed by atoms with E-state index in [9.17, 15) is 4.79 Å². The monoisotopic (exact) mass is 433 g/mol. The van der Waals surface area contributed by atoms with Crippen molar-refractivity contribution >= 4 is 40.8 Å². The standard InChI is InChI=1S/C24H27N5OS/c30-23(9-15-31)27-11-13-28(14-12-27)24-20-8-10-29(16-21(20)25-17-26-24)22-7-3-5-18-4-1-2-6-19(18)22/h1-7,17,31H,8-16H2. The van der Waals surface area contributed by atoms with E-state index in [0.717, 1.165) is 57.2 Å². The summed E-state index contributed by atoms with van der Waals surface area (Å²) in [6.07, 6.45) is 3.13. The molecule has 1 fully saturated rings. The van der Waals surface area contributed by atoms with Crippen molar-refractivity contribution in [1.82, 2.24) is 14.9 Å². The quantitative estimate of drug-likeness (QED) is 0.641. The first-order valence-electron chi connectivity index (χ1n) is 10.9. The van der Waals surface area contributed by atoms with Crippen molar-refractivity contribution in [3.05, 3.63) is 60.0 Å². The Hall–Kier alpha value is -2.80. The van der Waals surface area contributed by atoms with Gasteiger partial charge in [-0.1, -0.05) is 36.4 Å². The Morgan fingerprint density at radius 1 is 0.935 bits per heavy atom. The van der Waals surface area contributed by atoms with E-state index in [1.165, 1.54) is 22.0 Å². The molecule has 5 rings (SSSR count). The van der Waals surface area contributed by atoms with E-state index in [1.54, 1.807) is 6.33 Å². The van der Waals surface area contributed by atoms with Crippen molar-refractivity contribution in [2.24, 2.45) is 0 Å². The van der Waals surface area contributed by atoms with Crippen LogP contribution in [0.25, 0.3) is 10.8 Å². The maximum absolute atomic E-state index is 12.2. The van der Waals surface area contributed by atoms with Gasteiger partial charge in [0.1, 0.15) is 12.1 Å². The van der Waals surface area contributed by atoms with Crippen LogP contribution in [0.1, 0.15) is 17.7 Å². The lowest BCUT2D eigenvalue weighted by molar-refractivity contribution is -0.131. The number of anilines is 2. The van der Waals surface area contributed by atoms with Crippen LogP contribution in [0.3, 0.4) is 0 Å². The van der Waals surface area contributed by atoms with E-state index in [2.05, 4.69) is 74.9 Å². The van der Waals surface area contributed by atoms with Crippen molar-refractivity contribution in [3.8, 4) is 0 Å². The van der Waals surface area contributed by atoms with Crippen LogP contribution < -0.4 is 9.80 Å². The molecule has 0 radical (unpaired) electrons. The van der Waals surface area contributed by atoms with Gasteiger partial charge in [-0.15, -0.1) is 0 Å². The van der Waals surface area contributed by atoms with E-state index in [1.807, 2.05) is 4.90 Å². The molecule has 2 aliphatic rings. The molecular weight excluding hydrogens is 406 g/mol. The van der Waals surface area contributed by atoms with E-state index in [-0.39, 0.29) is 5.91 Å². The minimum atomic E-state index is 0.199. The van der Waals surface area contributed by atoms with Gasteiger partial charge in [0.2, 0.25) is 5.91 Å². The van der Waals surface area contributed by atoms with Gasteiger partial charge in [-0.3, -0.25) is 4.79 Å². The Kier molecular flexibility index (Phi) is 5.68. The zero-order valence-corrected chi connectivity index (χ0v) is 18.5. The highest BCUT2D eigenvalue weighted by atomic mass is 32.1. The number of carbonyl (C=O) groups is 1. The lowest BCUT2D eigenvalue weighted by Crippen LogP contribution is -2.49. The summed E-state index contributed by atoms with van der Waals surface area (Å²) in [5, 5.41) is 2.55. The van der Waals surface area contributed by atoms with Crippen molar-refractivity contribution in [2.45, 2.75) is 19.4 Å². The number of benzene rings is 2. The van der Waals surface area contributed by atoms with E-state index in [4.69, 9.17) is 0 Å². The van der Waals surface area contributed by atoms with Crippen LogP contribution in [0.5, 0.6) is 0 Å². The van der Waals surface area contributed by atoms with Gasteiger partial charge in [-0.2, -0.15) is 12.6 Å². The molecule has 31 heavy (non-hydrogen) atoms. The second-order valence-electron chi connectivity index (χ2n) is 8.13. The Balaban J connectivity index is 1.35. The van der Waals surface area contributed by atoms with Crippen LogP contribution in [-0.2, 0) is 17.8 Å². The van der Waals surface area contributed by atoms with Crippen molar-refractivity contribution in [2.75, 3.05) is 48.3 Å². The molecule has 6 nitrogen and oxygen atoms in total. The summed E-state index contributed by atoms with van der Waals surface area (Å²) in [5.41, 5.74) is 3.63. The average Bonchev–Trinajstić information content (AvgIpc) is 2.83. The van der Waals surface area contributed by atoms with Crippen LogP contribution in [0.2, 0.25) is 0 Å². The summed E-state index contributed by atoms with van der Waals surface area (Å²) < 4.78 is 0. The third-order valence-corrected chi connectivity index (χ3v) is 6.57. The van der Waals surface area contributed by atoms with Gasteiger partial charge in [0.05, 0.1) is 12.2 Å². The highest BCUT2D eigenvalue weighted by Gasteiger charge is 2.27. The molecule has 0 bridgehead atoms. The Labute approximate surface area is 188 Å². The first-order chi connectivity index (χ1) is 15.2. The molecular formula is C24H27N5OS. The fraction of sp³-hybridized carbons (Fsp3) is 0.375. The van der Waals surface area contributed by atoms with Gasteiger partial charge in [0.25, 0.3) is 0 Å². The Morgan fingerprint density at radius 3 is 2.58 bits per heavy atom. The normalized spacial score (nSPS) is 16.5. The van der Waals surface area contributed by atoms with Gasteiger partial charge >= 0.3 is 0 Å². The van der Waals surface area contributed by atoms with Gasteiger partial charge in [-0.05, 0) is 23.6 Å². The number of piperazine rings is 1. The van der Waals surface area contributed by atoms with Crippen molar-refractivity contribution in [3.63, 3.8) is 0 Å². The largest absolute Gasteiger partial charge is 0.365 e. The summed E-state index contributed by atoms with van der Waals surface area (Å²) in [7, 11) is 0. The molecule has 3 aromatic rings. The van der Waals surface area contributed by atoms with Gasteiger partial charge in [0.15, 0.2) is 0 Å². The fourth-order valence-corrected chi connectivity index (χ4v) is 4.91. The molecule has 160 valence electrons. The molecule has 3 heterocycles. The summed E-state index contributed by atoms with van der Waals surface area (Å²) in [6.45, 7) is 4.85. The van der Waals surface area contributed by atoms with Gasteiger partial charge in [-0.25, -0.2) is 9.97 Å². The second-order valence-corrected chi connectivity index (χ2v) is 8.58. The molecule has 0 atom stereocenters. The SMILES string of the molecule is O=C(CCS)N1CCN(c2ncnc3c2CCN(c2cccc4ccccc24)C3)CC1. The first-order valence-corrected chi connectivity index (χ1v) is 11.6. The number of thiol groups is 1. The zero-order valence-electron chi connectivity index (χ0n) is 17.6. The predicted octanol–water partition coefficient (Wildman–Crippen LogP) is 3.16. The number of aromatic nitrogens is 2. The Bertz CT molecular complexity index is 1090. The molecule has 0 saturated carbocycles. The molecule has 7 heteroatoms. The third kappa shape index (κ3) is 3.94. The van der Waals surface area contributed by atoms with E-state index < -0.39 is 0 Å². The highest BCUT2D eigenvalue weighted by Crippen LogP contribution is 2.32. The van der Waals surface area contributed by atoms with Crippen LogP contribution >= 0.6 is 12.6 Å². The molecule has 1 amide bonds. The van der Waals surface area contributed by atoms with Gasteiger partial charge < -0.3 is 14.7 Å². The molecule has 0 unspecified atom stereocenters. The highest BCUT2D eigenvalue weighted by molar-refractivity contribution is 7.80. The molecule has 0 aliphatic carbocycles. The summed E-state index contributed by atoms with van der Waals surface area (Å²) in [6, 6.07) is 15.0. The zero-order chi connectivity index (χ0) is 21.2. The van der Waals surface area contributed by atoms with E-state index in [0.29, 0.717) is 12.2 Å². The number of nitrogens with zero attached hydrogens (tertiary/aromatic N) is 5. The van der Waals surface area contributed by atoms with Crippen LogP contribution in [0, 0.1) is 0 Å². The topological polar surface area (TPSA) is 52.6 Å². The molecule has 1 saturated heterocycles. The lowest BCUT2D eigenvalue weighted by atomic mass is 10.0. The number of fused-ring (bicyclic) bond motifs is 2. The number of hydrogen-bond donors (Lipinski definition) is 1. The molecule has 2 aromatic carbocycles. The molecule has 2 aliphatic heterocycles. The summed E-state index contributed by atoms with van der Waals surface area (Å²) >= 11 is 4.18. The van der Waals surface area contributed by atoms with E-state index >= 15 is 0 Å². The smallest absolute Gasteiger partial charge is 0.223 e. The second kappa shape index (κ2) is 8.75. The first kappa shape index (κ1) is 20.1. The molecule has 1 aromatic heterocycles. The lowest BCUT2D eigenvalue weighted by Gasteiger charge is -2.38. The van der Waals surface area contributed by atoms with Crippen LogP contribution in [0.15, 0.2) is 48.8 Å². The fourth-order valence-electron chi connectivity index (χ4n) is 4.72. The molecule has 0 spiro atoms. The number of hydrogen-bond acceptors (Lipinski definition) is 6. The molecule has 0 N–H and O–H groups in total. The maximum Gasteiger partial charge on any atom is 0.223 e. The van der Waals surface area contributed by atoms with Gasteiger partial charge in [0, 0.05) is 55.8 Å².